The second-order valence-corrected chi connectivity index (χ2v) is 8.10. The van der Waals surface area contributed by atoms with E-state index in [9.17, 15) is 9.59 Å². The molecule has 0 aliphatic heterocycles. The molecule has 0 saturated heterocycles. The van der Waals surface area contributed by atoms with Crippen LogP contribution in [0.5, 0.6) is 0 Å². The smallest absolute Gasteiger partial charge is 0.270 e. The highest BCUT2D eigenvalue weighted by Gasteiger charge is 2.29. The fraction of sp³-hybridized carbons (Fsp3) is 0.350. The molecular weight excluding hydrogens is 436 g/mol. The second kappa shape index (κ2) is 8.28. The Labute approximate surface area is 176 Å². The summed E-state index contributed by atoms with van der Waals surface area (Å²) in [6, 6.07) is 3.24. The van der Waals surface area contributed by atoms with Gasteiger partial charge in [-0.25, -0.2) is 4.98 Å². The van der Waals surface area contributed by atoms with Crippen molar-refractivity contribution < 1.29 is 9.59 Å². The molecule has 1 aliphatic carbocycles. The zero-order chi connectivity index (χ0) is 20.4. The summed E-state index contributed by atoms with van der Waals surface area (Å²) in [6.07, 6.45) is 8.52. The van der Waals surface area contributed by atoms with E-state index in [4.69, 9.17) is 0 Å². The molecule has 4 rings (SSSR count). The zero-order valence-electron chi connectivity index (χ0n) is 15.9. The molecule has 0 unspecified atom stereocenters. The van der Waals surface area contributed by atoms with Gasteiger partial charge in [0.1, 0.15) is 5.69 Å². The molecule has 3 heterocycles. The number of hydrogen-bond acceptors (Lipinski definition) is 5. The summed E-state index contributed by atoms with van der Waals surface area (Å²) in [6.45, 7) is 1.81. The average Bonchev–Trinajstić information content (AvgIpc) is 3.15. The number of aryl methyl sites for hydroxylation is 1. The largest absolute Gasteiger partial charge is 0.347 e. The summed E-state index contributed by atoms with van der Waals surface area (Å²) in [4.78, 5) is 34.0. The van der Waals surface area contributed by atoms with Crippen LogP contribution in [0.1, 0.15) is 52.2 Å². The Bertz CT molecular complexity index is 1070. The van der Waals surface area contributed by atoms with Crippen molar-refractivity contribution in [3.05, 3.63) is 52.1 Å². The second-order valence-electron chi connectivity index (χ2n) is 7.24. The first-order valence-electron chi connectivity index (χ1n) is 9.55. The van der Waals surface area contributed by atoms with Crippen molar-refractivity contribution in [3.63, 3.8) is 0 Å². The molecule has 2 atom stereocenters. The first-order valence-corrected chi connectivity index (χ1v) is 10.3. The van der Waals surface area contributed by atoms with Crippen LogP contribution < -0.4 is 10.6 Å². The van der Waals surface area contributed by atoms with Gasteiger partial charge < -0.3 is 10.6 Å². The molecule has 3 aromatic heterocycles. The van der Waals surface area contributed by atoms with Crippen LogP contribution in [0, 0.1) is 6.92 Å². The van der Waals surface area contributed by atoms with Gasteiger partial charge in [0.15, 0.2) is 0 Å². The molecule has 0 aromatic carbocycles. The topological polar surface area (TPSA) is 113 Å². The van der Waals surface area contributed by atoms with Crippen LogP contribution in [0.2, 0.25) is 0 Å². The van der Waals surface area contributed by atoms with Gasteiger partial charge >= 0.3 is 0 Å². The van der Waals surface area contributed by atoms with Crippen molar-refractivity contribution in [2.75, 3.05) is 0 Å². The quantitative estimate of drug-likeness (QED) is 0.558. The van der Waals surface area contributed by atoms with Gasteiger partial charge in [-0.15, -0.1) is 0 Å². The number of pyridine rings is 2. The fourth-order valence-corrected chi connectivity index (χ4v) is 4.12. The maximum Gasteiger partial charge on any atom is 0.270 e. The van der Waals surface area contributed by atoms with Gasteiger partial charge in [0, 0.05) is 35.6 Å². The number of aromatic nitrogens is 4. The molecule has 150 valence electrons. The standard InChI is InChI=1S/C20H21BrN6O2/c1-11-13(9-23-27-11)19(28)25-15-4-2-3-5-16(15)26-20(29)17-7-6-12-8-22-10-14(21)18(12)24-17/h6-10,15-16H,2-5H2,1H3,(H,23,27)(H,25,28)(H,26,29)/t15-,16-/m1/s1. The predicted molar refractivity (Wildman–Crippen MR) is 112 cm³/mol. The van der Waals surface area contributed by atoms with E-state index in [1.54, 1.807) is 25.4 Å². The lowest BCUT2D eigenvalue weighted by Gasteiger charge is -2.32. The highest BCUT2D eigenvalue weighted by atomic mass is 79.9. The number of fused-ring (bicyclic) bond motifs is 1. The van der Waals surface area contributed by atoms with E-state index >= 15 is 0 Å². The third kappa shape index (κ3) is 4.14. The molecule has 0 bridgehead atoms. The van der Waals surface area contributed by atoms with Gasteiger partial charge in [-0.05, 0) is 47.8 Å². The van der Waals surface area contributed by atoms with Gasteiger partial charge in [0.05, 0.1) is 21.7 Å². The Balaban J connectivity index is 1.49. The Morgan fingerprint density at radius 1 is 1.07 bits per heavy atom. The van der Waals surface area contributed by atoms with Crippen molar-refractivity contribution in [2.45, 2.75) is 44.7 Å². The lowest BCUT2D eigenvalue weighted by Crippen LogP contribution is -2.53. The lowest BCUT2D eigenvalue weighted by atomic mass is 9.90. The van der Waals surface area contributed by atoms with Crippen molar-refractivity contribution >= 4 is 38.6 Å². The normalized spacial score (nSPS) is 19.1. The van der Waals surface area contributed by atoms with Gasteiger partial charge in [-0.2, -0.15) is 5.10 Å². The molecule has 2 amide bonds. The van der Waals surface area contributed by atoms with Crippen molar-refractivity contribution in [2.24, 2.45) is 0 Å². The summed E-state index contributed by atoms with van der Waals surface area (Å²) in [7, 11) is 0. The van der Waals surface area contributed by atoms with Crippen molar-refractivity contribution in [1.82, 2.24) is 30.8 Å². The van der Waals surface area contributed by atoms with Crippen molar-refractivity contribution in [3.8, 4) is 0 Å². The fourth-order valence-electron chi connectivity index (χ4n) is 3.68. The van der Waals surface area contributed by atoms with Crippen LogP contribution >= 0.6 is 15.9 Å². The highest BCUT2D eigenvalue weighted by molar-refractivity contribution is 9.10. The van der Waals surface area contributed by atoms with Gasteiger partial charge in [-0.3, -0.25) is 19.7 Å². The molecule has 0 radical (unpaired) electrons. The number of nitrogens with zero attached hydrogens (tertiary/aromatic N) is 3. The Morgan fingerprint density at radius 2 is 1.79 bits per heavy atom. The van der Waals surface area contributed by atoms with Gasteiger partial charge in [-0.1, -0.05) is 12.8 Å². The number of H-pyrrole nitrogens is 1. The van der Waals surface area contributed by atoms with E-state index < -0.39 is 0 Å². The average molecular weight is 457 g/mol. The molecule has 1 fully saturated rings. The van der Waals surface area contributed by atoms with Crippen LogP contribution in [0.25, 0.3) is 10.9 Å². The molecular formula is C20H21BrN6O2. The first kappa shape index (κ1) is 19.5. The first-order chi connectivity index (χ1) is 14.0. The Hall–Kier alpha value is -2.81. The van der Waals surface area contributed by atoms with E-state index in [1.807, 2.05) is 6.07 Å². The third-order valence-electron chi connectivity index (χ3n) is 5.26. The summed E-state index contributed by atoms with van der Waals surface area (Å²) in [5, 5.41) is 13.7. The monoisotopic (exact) mass is 456 g/mol. The zero-order valence-corrected chi connectivity index (χ0v) is 17.5. The van der Waals surface area contributed by atoms with E-state index in [1.165, 1.54) is 6.20 Å². The minimum atomic E-state index is -0.249. The Morgan fingerprint density at radius 3 is 2.48 bits per heavy atom. The van der Waals surface area contributed by atoms with E-state index in [0.29, 0.717) is 16.8 Å². The summed E-state index contributed by atoms with van der Waals surface area (Å²) in [5.74, 6) is -0.427. The number of aromatic amines is 1. The summed E-state index contributed by atoms with van der Waals surface area (Å²) >= 11 is 3.43. The molecule has 8 nitrogen and oxygen atoms in total. The molecule has 29 heavy (non-hydrogen) atoms. The number of rotatable bonds is 4. The number of carbonyl (C=O) groups excluding carboxylic acids is 2. The molecule has 3 aromatic rings. The van der Waals surface area contributed by atoms with Crippen molar-refractivity contribution in [1.29, 1.82) is 0 Å². The maximum atomic E-state index is 12.8. The minimum Gasteiger partial charge on any atom is -0.347 e. The van der Waals surface area contributed by atoms with Gasteiger partial charge in [0.2, 0.25) is 0 Å². The molecule has 1 aliphatic rings. The van der Waals surface area contributed by atoms with Crippen LogP contribution in [0.4, 0.5) is 0 Å². The number of amides is 2. The van der Waals surface area contributed by atoms with Crippen LogP contribution in [0.3, 0.4) is 0 Å². The van der Waals surface area contributed by atoms with E-state index in [-0.39, 0.29) is 23.9 Å². The molecule has 9 heteroatoms. The lowest BCUT2D eigenvalue weighted by molar-refractivity contribution is 0.0860. The Kier molecular flexibility index (Phi) is 5.57. The molecule has 3 N–H and O–H groups in total. The highest BCUT2D eigenvalue weighted by Crippen LogP contribution is 2.22. The van der Waals surface area contributed by atoms with E-state index in [0.717, 1.165) is 41.2 Å². The number of halogens is 1. The molecule has 0 spiro atoms. The molecule has 1 saturated carbocycles. The minimum absolute atomic E-state index is 0.133. The van der Waals surface area contributed by atoms with Crippen LogP contribution in [-0.2, 0) is 0 Å². The SMILES string of the molecule is Cc1[nH]ncc1C(=O)N[C@@H]1CCCC[C@H]1NC(=O)c1ccc2cncc(Br)c2n1. The number of nitrogens with one attached hydrogen (secondary N) is 3. The van der Waals surface area contributed by atoms with E-state index in [2.05, 4.69) is 46.7 Å². The third-order valence-corrected chi connectivity index (χ3v) is 5.84. The number of carbonyl (C=O) groups is 2. The maximum absolute atomic E-state index is 12.8. The van der Waals surface area contributed by atoms with Gasteiger partial charge in [0.25, 0.3) is 11.8 Å². The summed E-state index contributed by atoms with van der Waals surface area (Å²) in [5.41, 5.74) is 2.27. The number of hydrogen-bond donors (Lipinski definition) is 3. The predicted octanol–water partition coefficient (Wildman–Crippen LogP) is 2.89. The van der Waals surface area contributed by atoms with Crippen LogP contribution in [0.15, 0.2) is 35.2 Å². The summed E-state index contributed by atoms with van der Waals surface area (Å²) < 4.78 is 0.739. The van der Waals surface area contributed by atoms with Crippen LogP contribution in [-0.4, -0.2) is 44.1 Å².